The molecular formula is C16H32O. The molecule has 0 aromatic heterocycles. The fourth-order valence-corrected chi connectivity index (χ4v) is 3.21. The Morgan fingerprint density at radius 1 is 0.941 bits per heavy atom. The lowest BCUT2D eigenvalue weighted by atomic mass is 9.76. The van der Waals surface area contributed by atoms with Gasteiger partial charge in [0.15, 0.2) is 0 Å². The second kappa shape index (κ2) is 8.97. The third kappa shape index (κ3) is 5.90. The summed E-state index contributed by atoms with van der Waals surface area (Å²) < 4.78 is 0. The lowest BCUT2D eigenvalue weighted by Gasteiger charge is -2.33. The Bertz CT molecular complexity index is 178. The standard InChI is InChI=1S/C16H32O/c1-3-5-6-7-8-9-10-15-13-14(4-2)11-12-16(15)17/h14-17H,3-13H2,1-2H3. The van der Waals surface area contributed by atoms with E-state index in [9.17, 15) is 5.11 Å². The molecule has 102 valence electrons. The summed E-state index contributed by atoms with van der Waals surface area (Å²) in [6, 6.07) is 0. The van der Waals surface area contributed by atoms with Gasteiger partial charge in [-0.25, -0.2) is 0 Å². The van der Waals surface area contributed by atoms with Gasteiger partial charge in [-0.15, -0.1) is 0 Å². The maximum atomic E-state index is 10.0. The van der Waals surface area contributed by atoms with Crippen LogP contribution in [0, 0.1) is 11.8 Å². The zero-order chi connectivity index (χ0) is 12.5. The summed E-state index contributed by atoms with van der Waals surface area (Å²) in [6.07, 6.45) is 14.4. The van der Waals surface area contributed by atoms with Gasteiger partial charge in [0.1, 0.15) is 0 Å². The molecule has 0 amide bonds. The van der Waals surface area contributed by atoms with Gasteiger partial charge >= 0.3 is 0 Å². The number of hydrogen-bond donors (Lipinski definition) is 1. The van der Waals surface area contributed by atoms with Crippen LogP contribution in [0.1, 0.15) is 84.5 Å². The summed E-state index contributed by atoms with van der Waals surface area (Å²) >= 11 is 0. The van der Waals surface area contributed by atoms with Gasteiger partial charge in [0.2, 0.25) is 0 Å². The quantitative estimate of drug-likeness (QED) is 0.597. The average molecular weight is 240 g/mol. The van der Waals surface area contributed by atoms with Crippen molar-refractivity contribution in [2.24, 2.45) is 11.8 Å². The van der Waals surface area contributed by atoms with Crippen LogP contribution >= 0.6 is 0 Å². The van der Waals surface area contributed by atoms with E-state index in [0.717, 1.165) is 12.3 Å². The van der Waals surface area contributed by atoms with Gasteiger partial charge < -0.3 is 5.11 Å². The van der Waals surface area contributed by atoms with Crippen molar-refractivity contribution in [2.45, 2.75) is 90.6 Å². The van der Waals surface area contributed by atoms with Crippen molar-refractivity contribution in [2.75, 3.05) is 0 Å². The molecule has 0 aromatic rings. The van der Waals surface area contributed by atoms with Gasteiger partial charge in [-0.1, -0.05) is 58.8 Å². The lowest BCUT2D eigenvalue weighted by molar-refractivity contribution is 0.0417. The van der Waals surface area contributed by atoms with Gasteiger partial charge in [0.05, 0.1) is 6.10 Å². The SMILES string of the molecule is CCCCCCCCC1CC(CC)CCC1O. The van der Waals surface area contributed by atoms with Gasteiger partial charge in [0, 0.05) is 0 Å². The van der Waals surface area contributed by atoms with Gasteiger partial charge in [-0.2, -0.15) is 0 Å². The third-order valence-corrected chi connectivity index (χ3v) is 4.56. The average Bonchev–Trinajstić information content (AvgIpc) is 2.35. The summed E-state index contributed by atoms with van der Waals surface area (Å²) in [7, 11) is 0. The molecule has 1 aliphatic rings. The third-order valence-electron chi connectivity index (χ3n) is 4.56. The van der Waals surface area contributed by atoms with Crippen LogP contribution in [0.3, 0.4) is 0 Å². The van der Waals surface area contributed by atoms with Crippen LogP contribution in [0.15, 0.2) is 0 Å². The van der Waals surface area contributed by atoms with E-state index in [1.807, 2.05) is 0 Å². The highest BCUT2D eigenvalue weighted by Gasteiger charge is 2.27. The number of hydrogen-bond acceptors (Lipinski definition) is 1. The van der Waals surface area contributed by atoms with E-state index in [2.05, 4.69) is 13.8 Å². The maximum Gasteiger partial charge on any atom is 0.0568 e. The van der Waals surface area contributed by atoms with E-state index in [1.54, 1.807) is 0 Å². The number of aliphatic hydroxyl groups excluding tert-OH is 1. The molecule has 0 aromatic carbocycles. The highest BCUT2D eigenvalue weighted by molar-refractivity contribution is 4.79. The van der Waals surface area contributed by atoms with Crippen LogP contribution in [0.2, 0.25) is 0 Å². The van der Waals surface area contributed by atoms with E-state index in [0.29, 0.717) is 5.92 Å². The molecule has 3 unspecified atom stereocenters. The van der Waals surface area contributed by atoms with Crippen molar-refractivity contribution < 1.29 is 5.11 Å². The molecule has 0 spiro atoms. The summed E-state index contributed by atoms with van der Waals surface area (Å²) in [5.41, 5.74) is 0. The minimum atomic E-state index is 0.00782. The Morgan fingerprint density at radius 2 is 1.65 bits per heavy atom. The molecule has 17 heavy (non-hydrogen) atoms. The van der Waals surface area contributed by atoms with Gasteiger partial charge in [0.25, 0.3) is 0 Å². The second-order valence-electron chi connectivity index (χ2n) is 5.97. The Labute approximate surface area is 108 Å². The minimum Gasteiger partial charge on any atom is -0.393 e. The van der Waals surface area contributed by atoms with Crippen LogP contribution in [-0.2, 0) is 0 Å². The largest absolute Gasteiger partial charge is 0.393 e. The highest BCUT2D eigenvalue weighted by atomic mass is 16.3. The molecule has 1 saturated carbocycles. The van der Waals surface area contributed by atoms with Crippen molar-refractivity contribution >= 4 is 0 Å². The first-order valence-corrected chi connectivity index (χ1v) is 7.96. The smallest absolute Gasteiger partial charge is 0.0568 e. The Kier molecular flexibility index (Phi) is 7.92. The number of rotatable bonds is 8. The molecule has 1 nitrogen and oxygen atoms in total. The van der Waals surface area contributed by atoms with Crippen LogP contribution in [0.5, 0.6) is 0 Å². The zero-order valence-electron chi connectivity index (χ0n) is 12.0. The molecule has 0 bridgehead atoms. The van der Waals surface area contributed by atoms with Crippen molar-refractivity contribution in [3.63, 3.8) is 0 Å². The molecule has 1 aliphatic carbocycles. The minimum absolute atomic E-state index is 0.00782. The second-order valence-corrected chi connectivity index (χ2v) is 5.97. The maximum absolute atomic E-state index is 10.0. The Hall–Kier alpha value is -0.0400. The predicted octanol–water partition coefficient (Wildman–Crippen LogP) is 4.92. The first-order chi connectivity index (χ1) is 8.27. The van der Waals surface area contributed by atoms with Gasteiger partial charge in [-0.05, 0) is 37.5 Å². The predicted molar refractivity (Wildman–Crippen MR) is 75.1 cm³/mol. The van der Waals surface area contributed by atoms with E-state index < -0.39 is 0 Å². The molecule has 1 N–H and O–H groups in total. The topological polar surface area (TPSA) is 20.2 Å². The van der Waals surface area contributed by atoms with Crippen molar-refractivity contribution in [3.05, 3.63) is 0 Å². The molecule has 1 fully saturated rings. The van der Waals surface area contributed by atoms with Crippen molar-refractivity contribution in [3.8, 4) is 0 Å². The molecular weight excluding hydrogens is 208 g/mol. The monoisotopic (exact) mass is 240 g/mol. The zero-order valence-corrected chi connectivity index (χ0v) is 12.0. The molecule has 0 aliphatic heterocycles. The summed E-state index contributed by atoms with van der Waals surface area (Å²) in [5, 5.41) is 10.0. The van der Waals surface area contributed by atoms with E-state index in [1.165, 1.54) is 64.2 Å². The van der Waals surface area contributed by atoms with Crippen LogP contribution < -0.4 is 0 Å². The van der Waals surface area contributed by atoms with Gasteiger partial charge in [-0.3, -0.25) is 0 Å². The number of unbranched alkanes of at least 4 members (excludes halogenated alkanes) is 5. The fourth-order valence-electron chi connectivity index (χ4n) is 3.21. The molecule has 1 heteroatoms. The van der Waals surface area contributed by atoms with Crippen LogP contribution in [0.4, 0.5) is 0 Å². The Morgan fingerprint density at radius 3 is 2.35 bits per heavy atom. The summed E-state index contributed by atoms with van der Waals surface area (Å²) in [6.45, 7) is 4.56. The normalized spacial score (nSPS) is 29.5. The highest BCUT2D eigenvalue weighted by Crippen LogP contribution is 2.34. The molecule has 1 rings (SSSR count). The van der Waals surface area contributed by atoms with E-state index in [-0.39, 0.29) is 6.10 Å². The molecule has 0 heterocycles. The van der Waals surface area contributed by atoms with Crippen LogP contribution in [-0.4, -0.2) is 11.2 Å². The lowest BCUT2D eigenvalue weighted by Crippen LogP contribution is -2.28. The first-order valence-electron chi connectivity index (χ1n) is 7.96. The van der Waals surface area contributed by atoms with E-state index in [4.69, 9.17) is 0 Å². The van der Waals surface area contributed by atoms with Crippen molar-refractivity contribution in [1.82, 2.24) is 0 Å². The van der Waals surface area contributed by atoms with Crippen LogP contribution in [0.25, 0.3) is 0 Å². The first kappa shape index (κ1) is 15.0. The molecule has 0 radical (unpaired) electrons. The number of aliphatic hydroxyl groups is 1. The fraction of sp³-hybridized carbons (Fsp3) is 1.00. The molecule has 0 saturated heterocycles. The van der Waals surface area contributed by atoms with E-state index >= 15 is 0 Å². The Balaban J connectivity index is 2.07. The molecule has 3 atom stereocenters. The summed E-state index contributed by atoms with van der Waals surface area (Å²) in [4.78, 5) is 0. The summed E-state index contributed by atoms with van der Waals surface area (Å²) in [5.74, 6) is 1.50. The van der Waals surface area contributed by atoms with Crippen molar-refractivity contribution in [1.29, 1.82) is 0 Å².